The summed E-state index contributed by atoms with van der Waals surface area (Å²) >= 11 is 7.93. The fourth-order valence-corrected chi connectivity index (χ4v) is 3.43. The molecule has 0 radical (unpaired) electrons. The Bertz CT molecular complexity index is 436. The summed E-state index contributed by atoms with van der Waals surface area (Å²) in [6, 6.07) is 5.34. The van der Waals surface area contributed by atoms with Gasteiger partial charge in [-0.3, -0.25) is 4.79 Å². The van der Waals surface area contributed by atoms with Gasteiger partial charge in [0.25, 0.3) is 5.91 Å². The number of thioether (sulfide) groups is 1. The number of nitrogens with zero attached hydrogens (tertiary/aromatic N) is 1. The second kappa shape index (κ2) is 6.55. The normalized spacial score (nSPS) is 18.2. The minimum absolute atomic E-state index is 0. The molecule has 0 saturated carbocycles. The molecule has 18 heavy (non-hydrogen) atoms. The van der Waals surface area contributed by atoms with Crippen LogP contribution in [0.1, 0.15) is 16.8 Å². The van der Waals surface area contributed by atoms with Gasteiger partial charge in [0.15, 0.2) is 0 Å². The van der Waals surface area contributed by atoms with Crippen molar-refractivity contribution in [3.05, 3.63) is 28.8 Å². The van der Waals surface area contributed by atoms with E-state index in [1.54, 1.807) is 23.1 Å². The van der Waals surface area contributed by atoms with Crippen LogP contribution in [0.5, 0.6) is 0 Å². The molecule has 1 aliphatic rings. The van der Waals surface area contributed by atoms with Crippen LogP contribution in [0.15, 0.2) is 18.2 Å². The maximum atomic E-state index is 12.3. The highest BCUT2D eigenvalue weighted by molar-refractivity contribution is 7.99. The van der Waals surface area contributed by atoms with Gasteiger partial charge in [-0.1, -0.05) is 11.6 Å². The van der Waals surface area contributed by atoms with Crippen molar-refractivity contribution in [3.63, 3.8) is 0 Å². The van der Waals surface area contributed by atoms with Gasteiger partial charge < -0.3 is 10.6 Å². The molecule has 1 unspecified atom stereocenters. The predicted molar refractivity (Wildman–Crippen MR) is 80.9 cm³/mol. The molecule has 1 aromatic carbocycles. The summed E-state index contributed by atoms with van der Waals surface area (Å²) in [6.45, 7) is 0. The van der Waals surface area contributed by atoms with E-state index in [1.165, 1.54) is 0 Å². The van der Waals surface area contributed by atoms with E-state index in [9.17, 15) is 4.79 Å². The number of nitrogens with two attached hydrogens (primary N) is 1. The monoisotopic (exact) mass is 306 g/mol. The number of benzene rings is 1. The average Bonchev–Trinajstić information content (AvgIpc) is 2.80. The third kappa shape index (κ3) is 3.25. The lowest BCUT2D eigenvalue weighted by Crippen LogP contribution is -2.37. The zero-order chi connectivity index (χ0) is 12.4. The standard InChI is InChI=1S/C12H15ClN2OS.ClH/c1-15(9-4-5-17-7-9)12(16)10-3-2-8(14)6-11(10)13;/h2-3,6,9H,4-5,7,14H2,1H3;1H. The number of halogens is 2. The van der Waals surface area contributed by atoms with Gasteiger partial charge in [0.1, 0.15) is 0 Å². The molecular weight excluding hydrogens is 291 g/mol. The Morgan fingerprint density at radius 2 is 2.28 bits per heavy atom. The van der Waals surface area contributed by atoms with Crippen molar-refractivity contribution in [3.8, 4) is 0 Å². The molecule has 0 bridgehead atoms. The first-order valence-electron chi connectivity index (χ1n) is 5.49. The van der Waals surface area contributed by atoms with Crippen LogP contribution in [0, 0.1) is 0 Å². The Hall–Kier alpha value is -0.580. The lowest BCUT2D eigenvalue weighted by molar-refractivity contribution is 0.0748. The van der Waals surface area contributed by atoms with Crippen molar-refractivity contribution in [2.45, 2.75) is 12.5 Å². The van der Waals surface area contributed by atoms with Gasteiger partial charge >= 0.3 is 0 Å². The molecule has 6 heteroatoms. The fraction of sp³-hybridized carbons (Fsp3) is 0.417. The van der Waals surface area contributed by atoms with Gasteiger partial charge in [-0.15, -0.1) is 12.4 Å². The van der Waals surface area contributed by atoms with Crippen LogP contribution in [0.3, 0.4) is 0 Å². The number of carbonyl (C=O) groups excluding carboxylic acids is 1. The van der Waals surface area contributed by atoms with Gasteiger partial charge in [-0.2, -0.15) is 11.8 Å². The fourth-order valence-electron chi connectivity index (χ4n) is 1.89. The number of hydrogen-bond donors (Lipinski definition) is 1. The lowest BCUT2D eigenvalue weighted by atomic mass is 10.1. The van der Waals surface area contributed by atoms with Crippen molar-refractivity contribution in [1.82, 2.24) is 4.90 Å². The molecule has 0 aliphatic carbocycles. The number of anilines is 1. The van der Waals surface area contributed by atoms with E-state index in [-0.39, 0.29) is 18.3 Å². The zero-order valence-electron chi connectivity index (χ0n) is 10.1. The third-order valence-electron chi connectivity index (χ3n) is 3.00. The molecule has 1 aromatic rings. The van der Waals surface area contributed by atoms with E-state index in [1.807, 2.05) is 18.8 Å². The number of carbonyl (C=O) groups is 1. The Balaban J connectivity index is 0.00000162. The highest BCUT2D eigenvalue weighted by atomic mass is 35.5. The molecule has 1 atom stereocenters. The number of hydrogen-bond acceptors (Lipinski definition) is 3. The topological polar surface area (TPSA) is 46.3 Å². The lowest BCUT2D eigenvalue weighted by Gasteiger charge is -2.24. The van der Waals surface area contributed by atoms with Crippen LogP contribution in [-0.4, -0.2) is 35.4 Å². The molecule has 2 rings (SSSR count). The molecule has 1 amide bonds. The van der Waals surface area contributed by atoms with Gasteiger partial charge in [0.2, 0.25) is 0 Å². The van der Waals surface area contributed by atoms with Crippen LogP contribution < -0.4 is 5.73 Å². The minimum atomic E-state index is -0.0255. The van der Waals surface area contributed by atoms with Gasteiger partial charge in [0.05, 0.1) is 10.6 Å². The third-order valence-corrected chi connectivity index (χ3v) is 4.45. The molecule has 100 valence electrons. The SMILES string of the molecule is CN(C(=O)c1ccc(N)cc1Cl)C1CCSC1.Cl. The van der Waals surface area contributed by atoms with E-state index in [2.05, 4.69) is 0 Å². The van der Waals surface area contributed by atoms with Crippen LogP contribution >= 0.6 is 35.8 Å². The first-order chi connectivity index (χ1) is 8.09. The molecule has 1 fully saturated rings. The zero-order valence-corrected chi connectivity index (χ0v) is 12.4. The van der Waals surface area contributed by atoms with Gasteiger partial charge in [-0.05, 0) is 30.4 Å². The molecule has 2 N–H and O–H groups in total. The minimum Gasteiger partial charge on any atom is -0.399 e. The molecular formula is C12H16Cl2N2OS. The Kier molecular flexibility index (Phi) is 5.63. The second-order valence-electron chi connectivity index (χ2n) is 4.17. The summed E-state index contributed by atoms with van der Waals surface area (Å²) < 4.78 is 0. The summed E-state index contributed by atoms with van der Waals surface area (Å²) in [5.41, 5.74) is 6.72. The van der Waals surface area contributed by atoms with E-state index in [4.69, 9.17) is 17.3 Å². The summed E-state index contributed by atoms with van der Waals surface area (Å²) in [5.74, 6) is 2.11. The maximum absolute atomic E-state index is 12.3. The second-order valence-corrected chi connectivity index (χ2v) is 5.73. The average molecular weight is 307 g/mol. The van der Waals surface area contributed by atoms with Crippen molar-refractivity contribution in [2.75, 3.05) is 24.3 Å². The predicted octanol–water partition coefficient (Wildman–Crippen LogP) is 2.92. The quantitative estimate of drug-likeness (QED) is 0.855. The van der Waals surface area contributed by atoms with E-state index >= 15 is 0 Å². The highest BCUT2D eigenvalue weighted by Crippen LogP contribution is 2.25. The number of rotatable bonds is 2. The van der Waals surface area contributed by atoms with Crippen molar-refractivity contribution in [2.24, 2.45) is 0 Å². The summed E-state index contributed by atoms with van der Waals surface area (Å²) in [4.78, 5) is 14.0. The number of amides is 1. The molecule has 0 aromatic heterocycles. The molecule has 1 aliphatic heterocycles. The van der Waals surface area contributed by atoms with Crippen LogP contribution in [-0.2, 0) is 0 Å². The van der Waals surface area contributed by atoms with Crippen LogP contribution in [0.25, 0.3) is 0 Å². The highest BCUT2D eigenvalue weighted by Gasteiger charge is 2.25. The van der Waals surface area contributed by atoms with E-state index in [0.29, 0.717) is 22.3 Å². The first kappa shape index (κ1) is 15.5. The Labute approximate surface area is 122 Å². The van der Waals surface area contributed by atoms with Crippen LogP contribution in [0.2, 0.25) is 5.02 Å². The molecule has 1 saturated heterocycles. The Morgan fingerprint density at radius 1 is 1.56 bits per heavy atom. The maximum Gasteiger partial charge on any atom is 0.255 e. The van der Waals surface area contributed by atoms with E-state index < -0.39 is 0 Å². The summed E-state index contributed by atoms with van der Waals surface area (Å²) in [5, 5.41) is 0.424. The van der Waals surface area contributed by atoms with Crippen LogP contribution in [0.4, 0.5) is 5.69 Å². The van der Waals surface area contributed by atoms with Gasteiger partial charge in [-0.25, -0.2) is 0 Å². The Morgan fingerprint density at radius 3 is 2.83 bits per heavy atom. The first-order valence-corrected chi connectivity index (χ1v) is 7.03. The summed E-state index contributed by atoms with van der Waals surface area (Å²) in [7, 11) is 1.84. The van der Waals surface area contributed by atoms with Gasteiger partial charge in [0, 0.05) is 24.5 Å². The molecule has 1 heterocycles. The van der Waals surface area contributed by atoms with Crippen molar-refractivity contribution >= 4 is 47.4 Å². The smallest absolute Gasteiger partial charge is 0.255 e. The summed E-state index contributed by atoms with van der Waals surface area (Å²) in [6.07, 6.45) is 1.06. The van der Waals surface area contributed by atoms with Crippen molar-refractivity contribution < 1.29 is 4.79 Å². The molecule has 3 nitrogen and oxygen atoms in total. The largest absolute Gasteiger partial charge is 0.399 e. The van der Waals surface area contributed by atoms with E-state index in [0.717, 1.165) is 17.9 Å². The van der Waals surface area contributed by atoms with Crippen molar-refractivity contribution in [1.29, 1.82) is 0 Å². The molecule has 0 spiro atoms. The number of nitrogen functional groups attached to an aromatic ring is 1.